The molecule has 2 aromatic carbocycles. The number of hydrogen-bond acceptors (Lipinski definition) is 6. The lowest BCUT2D eigenvalue weighted by Gasteiger charge is -2.14. The van der Waals surface area contributed by atoms with Gasteiger partial charge in [0, 0.05) is 18.9 Å². The first-order valence-electron chi connectivity index (χ1n) is 10.3. The highest BCUT2D eigenvalue weighted by Crippen LogP contribution is 2.44. The Labute approximate surface area is 185 Å². The van der Waals surface area contributed by atoms with Crippen LogP contribution in [0.1, 0.15) is 23.5 Å². The van der Waals surface area contributed by atoms with Gasteiger partial charge < -0.3 is 30.3 Å². The summed E-state index contributed by atoms with van der Waals surface area (Å²) in [4.78, 5) is 34.0. The Hall–Kier alpha value is -3.43. The highest BCUT2D eigenvalue weighted by Gasteiger charge is 2.28. The lowest BCUT2D eigenvalue weighted by molar-refractivity contribution is -0.146. The molecular weight excluding hydrogens is 416 g/mol. The zero-order chi connectivity index (χ0) is 22.9. The van der Waals surface area contributed by atoms with Crippen LogP contribution < -0.4 is 10.6 Å². The minimum atomic E-state index is -1.64. The van der Waals surface area contributed by atoms with Crippen LogP contribution in [0, 0.1) is 0 Å². The topological polar surface area (TPSA) is 134 Å². The molecule has 2 amide bonds. The summed E-state index contributed by atoms with van der Waals surface area (Å²) in [5.74, 6) is -1.85. The summed E-state index contributed by atoms with van der Waals surface area (Å²) >= 11 is 0. The maximum Gasteiger partial charge on any atom is 0.407 e. The Bertz CT molecular complexity index is 917. The van der Waals surface area contributed by atoms with E-state index >= 15 is 0 Å². The molecule has 2 aromatic rings. The smallest absolute Gasteiger partial charge is 0.407 e. The first kappa shape index (κ1) is 23.2. The first-order chi connectivity index (χ1) is 15.5. The van der Waals surface area contributed by atoms with Gasteiger partial charge in [-0.2, -0.15) is 0 Å². The van der Waals surface area contributed by atoms with Crippen molar-refractivity contribution in [1.29, 1.82) is 0 Å². The second-order valence-electron chi connectivity index (χ2n) is 7.27. The van der Waals surface area contributed by atoms with E-state index in [1.54, 1.807) is 0 Å². The number of amides is 2. The minimum absolute atomic E-state index is 0.0112. The van der Waals surface area contributed by atoms with Crippen LogP contribution in [0.5, 0.6) is 0 Å². The fourth-order valence-corrected chi connectivity index (χ4v) is 3.53. The quantitative estimate of drug-likeness (QED) is 0.387. The van der Waals surface area contributed by atoms with Crippen LogP contribution in [0.2, 0.25) is 0 Å². The lowest BCUT2D eigenvalue weighted by Crippen LogP contribution is -2.36. The van der Waals surface area contributed by atoms with Crippen molar-refractivity contribution in [3.05, 3.63) is 59.7 Å². The van der Waals surface area contributed by atoms with Gasteiger partial charge in [0.25, 0.3) is 0 Å². The number of aliphatic carboxylic acids is 1. The number of carbonyl (C=O) groups excluding carboxylic acids is 2. The van der Waals surface area contributed by atoms with Gasteiger partial charge in [-0.25, -0.2) is 9.59 Å². The summed E-state index contributed by atoms with van der Waals surface area (Å²) in [6, 6.07) is 16.2. The molecule has 0 heterocycles. The number of aliphatic hydroxyl groups is 1. The van der Waals surface area contributed by atoms with Gasteiger partial charge >= 0.3 is 12.1 Å². The van der Waals surface area contributed by atoms with Gasteiger partial charge in [-0.3, -0.25) is 4.79 Å². The Kier molecular flexibility index (Phi) is 8.18. The number of alkyl carbamates (subject to hydrolysis) is 1. The number of hydrogen-bond donors (Lipinski definition) is 4. The molecule has 9 heteroatoms. The monoisotopic (exact) mass is 442 g/mol. The fraction of sp³-hybridized carbons (Fsp3) is 0.348. The molecule has 1 aliphatic carbocycles. The standard InChI is InChI=1S/C23H26N2O7/c26-20(22(28)29)13-25-21(27)9-11-31-12-10-24-23(30)32-14-19-17-7-3-1-5-15(17)16-6-2-4-8-18(16)19/h1-8,19-20,26H,9-14H2,(H,24,30)(H,25,27)(H,28,29). The highest BCUT2D eigenvalue weighted by atomic mass is 16.5. The molecule has 170 valence electrons. The SMILES string of the molecule is O=C(CCOCCNC(=O)OCC1c2ccccc2-c2ccccc21)NCC(O)C(=O)O. The number of carboxylic acid groups (broad SMARTS) is 1. The Balaban J connectivity index is 1.32. The number of carbonyl (C=O) groups is 3. The normalized spacial score (nSPS) is 13.0. The van der Waals surface area contributed by atoms with Crippen LogP contribution in [0.4, 0.5) is 4.79 Å². The van der Waals surface area contributed by atoms with Crippen LogP contribution in [-0.4, -0.2) is 67.2 Å². The number of fused-ring (bicyclic) bond motifs is 3. The average molecular weight is 442 g/mol. The van der Waals surface area contributed by atoms with Gasteiger partial charge in [0.1, 0.15) is 6.61 Å². The first-order valence-corrected chi connectivity index (χ1v) is 10.3. The van der Waals surface area contributed by atoms with Crippen molar-refractivity contribution in [3.8, 4) is 11.1 Å². The van der Waals surface area contributed by atoms with Crippen molar-refractivity contribution in [2.45, 2.75) is 18.4 Å². The molecule has 0 saturated carbocycles. The van der Waals surface area contributed by atoms with E-state index in [0.717, 1.165) is 22.3 Å². The predicted octanol–water partition coefficient (Wildman–Crippen LogP) is 1.49. The highest BCUT2D eigenvalue weighted by molar-refractivity contribution is 5.79. The Morgan fingerprint density at radius 2 is 1.56 bits per heavy atom. The molecule has 0 aliphatic heterocycles. The summed E-state index contributed by atoms with van der Waals surface area (Å²) < 4.78 is 10.7. The molecule has 1 unspecified atom stereocenters. The van der Waals surface area contributed by atoms with Crippen molar-refractivity contribution < 1.29 is 34.1 Å². The van der Waals surface area contributed by atoms with E-state index < -0.39 is 24.1 Å². The van der Waals surface area contributed by atoms with E-state index in [1.165, 1.54) is 0 Å². The molecule has 0 saturated heterocycles. The van der Waals surface area contributed by atoms with E-state index in [2.05, 4.69) is 22.8 Å². The van der Waals surface area contributed by atoms with E-state index in [9.17, 15) is 14.4 Å². The third kappa shape index (κ3) is 6.05. The molecule has 1 atom stereocenters. The van der Waals surface area contributed by atoms with Gasteiger partial charge in [-0.15, -0.1) is 0 Å². The second-order valence-corrected chi connectivity index (χ2v) is 7.27. The average Bonchev–Trinajstić information content (AvgIpc) is 3.12. The number of aliphatic hydroxyl groups excluding tert-OH is 1. The van der Waals surface area contributed by atoms with Gasteiger partial charge in [0.15, 0.2) is 6.10 Å². The summed E-state index contributed by atoms with van der Waals surface area (Å²) in [5.41, 5.74) is 4.59. The van der Waals surface area contributed by atoms with Crippen molar-refractivity contribution >= 4 is 18.0 Å². The Morgan fingerprint density at radius 3 is 2.19 bits per heavy atom. The second kappa shape index (κ2) is 11.3. The molecule has 32 heavy (non-hydrogen) atoms. The largest absolute Gasteiger partial charge is 0.479 e. The molecular formula is C23H26N2O7. The number of carboxylic acids is 1. The number of nitrogens with one attached hydrogen (secondary N) is 2. The van der Waals surface area contributed by atoms with Crippen LogP contribution in [-0.2, 0) is 19.1 Å². The molecule has 0 spiro atoms. The van der Waals surface area contributed by atoms with E-state index in [4.69, 9.17) is 19.7 Å². The number of ether oxygens (including phenoxy) is 2. The fourth-order valence-electron chi connectivity index (χ4n) is 3.53. The molecule has 1 aliphatic rings. The Morgan fingerprint density at radius 1 is 0.938 bits per heavy atom. The molecule has 0 fully saturated rings. The van der Waals surface area contributed by atoms with E-state index in [-0.39, 0.29) is 45.2 Å². The lowest BCUT2D eigenvalue weighted by atomic mass is 9.98. The van der Waals surface area contributed by atoms with Crippen molar-refractivity contribution in [1.82, 2.24) is 10.6 Å². The van der Waals surface area contributed by atoms with Crippen LogP contribution in [0.15, 0.2) is 48.5 Å². The van der Waals surface area contributed by atoms with Crippen LogP contribution in [0.3, 0.4) is 0 Å². The molecule has 4 N–H and O–H groups in total. The van der Waals surface area contributed by atoms with Gasteiger partial charge in [-0.1, -0.05) is 48.5 Å². The zero-order valence-corrected chi connectivity index (χ0v) is 17.5. The van der Waals surface area contributed by atoms with Crippen molar-refractivity contribution in [2.24, 2.45) is 0 Å². The molecule has 0 aromatic heterocycles. The molecule has 3 rings (SSSR count). The van der Waals surface area contributed by atoms with E-state index in [0.29, 0.717) is 0 Å². The predicted molar refractivity (Wildman–Crippen MR) is 115 cm³/mol. The maximum atomic E-state index is 12.0. The van der Waals surface area contributed by atoms with Crippen LogP contribution >= 0.6 is 0 Å². The third-order valence-electron chi connectivity index (χ3n) is 5.11. The minimum Gasteiger partial charge on any atom is -0.479 e. The number of benzene rings is 2. The van der Waals surface area contributed by atoms with Crippen molar-refractivity contribution in [3.63, 3.8) is 0 Å². The summed E-state index contributed by atoms with van der Waals surface area (Å²) in [5, 5.41) is 22.5. The van der Waals surface area contributed by atoms with Gasteiger partial charge in [-0.05, 0) is 22.3 Å². The number of rotatable bonds is 11. The van der Waals surface area contributed by atoms with Crippen LogP contribution in [0.25, 0.3) is 11.1 Å². The zero-order valence-electron chi connectivity index (χ0n) is 17.5. The maximum absolute atomic E-state index is 12.0. The summed E-state index contributed by atoms with van der Waals surface area (Å²) in [7, 11) is 0. The molecule has 9 nitrogen and oxygen atoms in total. The van der Waals surface area contributed by atoms with E-state index in [1.807, 2.05) is 36.4 Å². The summed E-state index contributed by atoms with van der Waals surface area (Å²) in [6.07, 6.45) is -2.17. The third-order valence-corrected chi connectivity index (χ3v) is 5.11. The molecule has 0 radical (unpaired) electrons. The van der Waals surface area contributed by atoms with Gasteiger partial charge in [0.2, 0.25) is 5.91 Å². The van der Waals surface area contributed by atoms with Gasteiger partial charge in [0.05, 0.1) is 19.8 Å². The van der Waals surface area contributed by atoms with Crippen molar-refractivity contribution in [2.75, 3.05) is 32.9 Å². The summed E-state index contributed by atoms with van der Waals surface area (Å²) in [6.45, 7) is 0.368. The molecule has 0 bridgehead atoms.